The Morgan fingerprint density at radius 1 is 1.59 bits per heavy atom. The molecular formula is C10H9ClN2O4. The van der Waals surface area contributed by atoms with E-state index in [4.69, 9.17) is 16.7 Å². The van der Waals surface area contributed by atoms with Crippen LogP contribution >= 0.6 is 11.6 Å². The van der Waals surface area contributed by atoms with Crippen LogP contribution in [-0.4, -0.2) is 22.5 Å². The summed E-state index contributed by atoms with van der Waals surface area (Å²) in [5, 5.41) is 22.4. The molecule has 90 valence electrons. The highest BCUT2D eigenvalue weighted by Gasteiger charge is 2.14. The number of anilines is 1. The van der Waals surface area contributed by atoms with Crippen molar-refractivity contribution in [2.75, 3.05) is 11.9 Å². The van der Waals surface area contributed by atoms with Crippen molar-refractivity contribution in [2.45, 2.75) is 0 Å². The van der Waals surface area contributed by atoms with Crippen molar-refractivity contribution in [1.29, 1.82) is 0 Å². The van der Waals surface area contributed by atoms with Gasteiger partial charge in [0.15, 0.2) is 0 Å². The lowest BCUT2D eigenvalue weighted by Crippen LogP contribution is -2.08. The summed E-state index contributed by atoms with van der Waals surface area (Å²) in [6.07, 6.45) is 0. The number of benzene rings is 1. The van der Waals surface area contributed by atoms with E-state index in [0.29, 0.717) is 0 Å². The van der Waals surface area contributed by atoms with Gasteiger partial charge in [0.1, 0.15) is 0 Å². The summed E-state index contributed by atoms with van der Waals surface area (Å²) in [5.41, 5.74) is -0.125. The van der Waals surface area contributed by atoms with E-state index in [1.807, 2.05) is 0 Å². The molecule has 0 aliphatic rings. The summed E-state index contributed by atoms with van der Waals surface area (Å²) in [6.45, 7) is 3.55. The summed E-state index contributed by atoms with van der Waals surface area (Å²) in [4.78, 5) is 20.8. The molecule has 17 heavy (non-hydrogen) atoms. The van der Waals surface area contributed by atoms with Gasteiger partial charge >= 0.3 is 5.97 Å². The lowest BCUT2D eigenvalue weighted by atomic mass is 10.1. The maximum atomic E-state index is 10.9. The Kier molecular flexibility index (Phi) is 4.06. The molecule has 0 aliphatic carbocycles. The van der Waals surface area contributed by atoms with Gasteiger partial charge in [0, 0.05) is 17.2 Å². The number of non-ortho nitro benzene ring substituents is 1. The van der Waals surface area contributed by atoms with Crippen LogP contribution in [0.1, 0.15) is 10.4 Å². The zero-order valence-electron chi connectivity index (χ0n) is 8.64. The van der Waals surface area contributed by atoms with E-state index in [0.717, 1.165) is 12.1 Å². The second kappa shape index (κ2) is 5.31. The van der Waals surface area contributed by atoms with Gasteiger partial charge in [-0.2, -0.15) is 0 Å². The van der Waals surface area contributed by atoms with Crippen molar-refractivity contribution < 1.29 is 14.8 Å². The summed E-state index contributed by atoms with van der Waals surface area (Å²) >= 11 is 5.52. The Hall–Kier alpha value is -2.08. The second-order valence-electron chi connectivity index (χ2n) is 3.16. The van der Waals surface area contributed by atoms with E-state index in [2.05, 4.69) is 11.9 Å². The van der Waals surface area contributed by atoms with E-state index in [1.54, 1.807) is 0 Å². The van der Waals surface area contributed by atoms with E-state index >= 15 is 0 Å². The number of aromatic carboxylic acids is 1. The van der Waals surface area contributed by atoms with Crippen molar-refractivity contribution in [3.8, 4) is 0 Å². The van der Waals surface area contributed by atoms with Crippen LogP contribution in [0.3, 0.4) is 0 Å². The Labute approximate surface area is 102 Å². The van der Waals surface area contributed by atoms with Crippen LogP contribution in [0.2, 0.25) is 0 Å². The van der Waals surface area contributed by atoms with Crippen molar-refractivity contribution in [1.82, 2.24) is 0 Å². The summed E-state index contributed by atoms with van der Waals surface area (Å²) in [6, 6.07) is 3.44. The Bertz CT molecular complexity index is 487. The SMILES string of the molecule is C=C(Cl)CNc1cc([N+](=O)[O-])ccc1C(=O)O. The molecule has 7 heteroatoms. The number of nitrogens with one attached hydrogen (secondary N) is 1. The first-order chi connectivity index (χ1) is 7.91. The van der Waals surface area contributed by atoms with Gasteiger partial charge in [0.25, 0.3) is 5.69 Å². The molecule has 1 rings (SSSR count). The Balaban J connectivity index is 3.11. The van der Waals surface area contributed by atoms with Crippen molar-refractivity contribution in [2.24, 2.45) is 0 Å². The van der Waals surface area contributed by atoms with Crippen LogP contribution < -0.4 is 5.32 Å². The highest BCUT2D eigenvalue weighted by Crippen LogP contribution is 2.23. The molecule has 0 saturated heterocycles. The van der Waals surface area contributed by atoms with Gasteiger partial charge in [-0.05, 0) is 6.07 Å². The van der Waals surface area contributed by atoms with Crippen molar-refractivity contribution in [3.63, 3.8) is 0 Å². The van der Waals surface area contributed by atoms with E-state index in [1.165, 1.54) is 6.07 Å². The number of hydrogen-bond acceptors (Lipinski definition) is 4. The fourth-order valence-electron chi connectivity index (χ4n) is 1.17. The largest absolute Gasteiger partial charge is 0.478 e. The molecule has 0 aliphatic heterocycles. The zero-order chi connectivity index (χ0) is 13.0. The van der Waals surface area contributed by atoms with Gasteiger partial charge in [0.2, 0.25) is 0 Å². The smallest absolute Gasteiger partial charge is 0.337 e. The fraction of sp³-hybridized carbons (Fsp3) is 0.100. The van der Waals surface area contributed by atoms with Crippen LogP contribution in [0.5, 0.6) is 0 Å². The minimum atomic E-state index is -1.18. The molecule has 0 radical (unpaired) electrons. The van der Waals surface area contributed by atoms with Crippen molar-refractivity contribution in [3.05, 3.63) is 45.5 Å². The molecular weight excluding hydrogens is 248 g/mol. The first kappa shape index (κ1) is 13.0. The minimum Gasteiger partial charge on any atom is -0.478 e. The maximum absolute atomic E-state index is 10.9. The molecule has 0 amide bonds. The number of carboxylic acid groups (broad SMARTS) is 1. The van der Waals surface area contributed by atoms with Gasteiger partial charge in [0.05, 0.1) is 22.7 Å². The monoisotopic (exact) mass is 256 g/mol. The van der Waals surface area contributed by atoms with Gasteiger partial charge in [-0.25, -0.2) is 4.79 Å². The highest BCUT2D eigenvalue weighted by atomic mass is 35.5. The molecule has 1 aromatic carbocycles. The first-order valence-electron chi connectivity index (χ1n) is 4.50. The van der Waals surface area contributed by atoms with Crippen LogP contribution in [0.4, 0.5) is 11.4 Å². The van der Waals surface area contributed by atoms with Crippen LogP contribution in [0.25, 0.3) is 0 Å². The highest BCUT2D eigenvalue weighted by molar-refractivity contribution is 6.29. The first-order valence-corrected chi connectivity index (χ1v) is 4.88. The quantitative estimate of drug-likeness (QED) is 0.623. The van der Waals surface area contributed by atoms with E-state index in [9.17, 15) is 14.9 Å². The average Bonchev–Trinajstić information content (AvgIpc) is 2.25. The predicted molar refractivity (Wildman–Crippen MR) is 63.5 cm³/mol. The lowest BCUT2D eigenvalue weighted by molar-refractivity contribution is -0.384. The molecule has 0 aromatic heterocycles. The fourth-order valence-corrected chi connectivity index (χ4v) is 1.24. The molecule has 0 spiro atoms. The second-order valence-corrected chi connectivity index (χ2v) is 3.70. The molecule has 2 N–H and O–H groups in total. The number of carboxylic acids is 1. The molecule has 0 heterocycles. The molecule has 6 nitrogen and oxygen atoms in total. The standard InChI is InChI=1S/C10H9ClN2O4/c1-6(11)5-12-9-4-7(13(16)17)2-3-8(9)10(14)15/h2-4,12H,1,5H2,(H,14,15). The third-order valence-corrected chi connectivity index (χ3v) is 2.05. The lowest BCUT2D eigenvalue weighted by Gasteiger charge is -2.08. The number of nitro benzene ring substituents is 1. The average molecular weight is 257 g/mol. The molecule has 0 bridgehead atoms. The number of carbonyl (C=O) groups is 1. The zero-order valence-corrected chi connectivity index (χ0v) is 9.40. The predicted octanol–water partition coefficient (Wildman–Crippen LogP) is 2.46. The number of nitro groups is 1. The molecule has 0 atom stereocenters. The third-order valence-electron chi connectivity index (χ3n) is 1.92. The maximum Gasteiger partial charge on any atom is 0.337 e. The summed E-state index contributed by atoms with van der Waals surface area (Å²) in [7, 11) is 0. The molecule has 1 aromatic rings. The Morgan fingerprint density at radius 2 is 2.24 bits per heavy atom. The molecule has 0 unspecified atom stereocenters. The number of hydrogen-bond donors (Lipinski definition) is 2. The van der Waals surface area contributed by atoms with Gasteiger partial charge in [-0.15, -0.1) is 0 Å². The number of nitrogens with zero attached hydrogens (tertiary/aromatic N) is 1. The van der Waals surface area contributed by atoms with Gasteiger partial charge in [-0.3, -0.25) is 10.1 Å². The molecule has 0 saturated carbocycles. The summed E-state index contributed by atoms with van der Waals surface area (Å²) in [5.74, 6) is -1.18. The topological polar surface area (TPSA) is 92.5 Å². The third kappa shape index (κ3) is 3.46. The van der Waals surface area contributed by atoms with Crippen molar-refractivity contribution >= 4 is 28.9 Å². The number of rotatable bonds is 5. The van der Waals surface area contributed by atoms with E-state index in [-0.39, 0.29) is 28.5 Å². The minimum absolute atomic E-state index is 0.0616. The summed E-state index contributed by atoms with van der Waals surface area (Å²) < 4.78 is 0. The van der Waals surface area contributed by atoms with E-state index < -0.39 is 10.9 Å². The van der Waals surface area contributed by atoms with Gasteiger partial charge in [-0.1, -0.05) is 18.2 Å². The van der Waals surface area contributed by atoms with Crippen LogP contribution in [0.15, 0.2) is 29.8 Å². The number of halogens is 1. The molecule has 0 fully saturated rings. The van der Waals surface area contributed by atoms with Crippen LogP contribution in [-0.2, 0) is 0 Å². The van der Waals surface area contributed by atoms with Gasteiger partial charge < -0.3 is 10.4 Å². The Morgan fingerprint density at radius 3 is 2.71 bits per heavy atom. The van der Waals surface area contributed by atoms with Crippen LogP contribution in [0, 0.1) is 10.1 Å². The normalized spacial score (nSPS) is 9.71.